The van der Waals surface area contributed by atoms with E-state index in [2.05, 4.69) is 30.6 Å². The SMILES string of the molecule is COC(=O)N[C@H](C(=O)N1CC(C)=C[C@H]1c1ncc(-c2ccc3oc4cc(-c5cnc([C@@H]6C=C(C)CN6C(=O)[C@@H](NC(O)OC)C(C)C)[nH]5)ccc4c(=O)c3c2)[nH]1)C(C)C. The van der Waals surface area contributed by atoms with E-state index in [1.807, 2.05) is 65.8 Å². The van der Waals surface area contributed by atoms with Crippen LogP contribution in [0.3, 0.4) is 0 Å². The zero-order valence-electron chi connectivity index (χ0n) is 34.3. The monoisotopic (exact) mass is 806 g/mol. The van der Waals surface area contributed by atoms with Crippen molar-refractivity contribution < 1.29 is 33.4 Å². The Balaban J connectivity index is 1.13. The van der Waals surface area contributed by atoms with E-state index in [4.69, 9.17) is 13.9 Å². The van der Waals surface area contributed by atoms with Gasteiger partial charge in [-0.15, -0.1) is 0 Å². The summed E-state index contributed by atoms with van der Waals surface area (Å²) in [6, 6.07) is 8.30. The van der Waals surface area contributed by atoms with E-state index in [-0.39, 0.29) is 29.1 Å². The molecule has 3 amide bonds. The summed E-state index contributed by atoms with van der Waals surface area (Å²) in [7, 11) is 2.62. The highest BCUT2D eigenvalue weighted by molar-refractivity contribution is 5.93. The summed E-state index contributed by atoms with van der Waals surface area (Å²) in [5.41, 5.74) is 5.40. The van der Waals surface area contributed by atoms with Crippen molar-refractivity contribution in [1.29, 1.82) is 0 Å². The average Bonchev–Trinajstić information content (AvgIpc) is 4.04. The van der Waals surface area contributed by atoms with Gasteiger partial charge in [0, 0.05) is 31.3 Å². The lowest BCUT2D eigenvalue weighted by Crippen LogP contribution is -2.53. The maximum absolute atomic E-state index is 13.9. The largest absolute Gasteiger partial charge is 0.456 e. The number of ether oxygens (including phenoxy) is 2. The number of carbonyl (C=O) groups excluding carboxylic acids is 3. The molecule has 2 aromatic carbocycles. The summed E-state index contributed by atoms with van der Waals surface area (Å²) in [5, 5.41) is 16.4. The lowest BCUT2D eigenvalue weighted by atomic mass is 10.0. The number of fused-ring (bicyclic) bond motifs is 2. The number of imidazole rings is 2. The van der Waals surface area contributed by atoms with Crippen LogP contribution in [0, 0.1) is 11.8 Å². The summed E-state index contributed by atoms with van der Waals surface area (Å²) in [4.78, 5) is 72.8. The van der Waals surface area contributed by atoms with Crippen molar-refractivity contribution in [3.8, 4) is 22.5 Å². The minimum Gasteiger partial charge on any atom is -0.456 e. The molecule has 5 atom stereocenters. The Hall–Kier alpha value is -6.10. The number of hydrogen-bond acceptors (Lipinski definition) is 11. The number of carbonyl (C=O) groups is 3. The Labute approximate surface area is 340 Å². The number of H-pyrrole nitrogens is 2. The first-order chi connectivity index (χ1) is 28.2. The molecule has 1 unspecified atom stereocenters. The van der Waals surface area contributed by atoms with Crippen LogP contribution >= 0.6 is 0 Å². The average molecular weight is 807 g/mol. The van der Waals surface area contributed by atoms with Crippen LogP contribution in [0.15, 0.2) is 81.3 Å². The standard InChI is InChI=1S/C43H50N8O8/c1-21(2)35(48-42(55)57-7)40(53)50-19-23(5)13-31(50)38-44-17-29(46-38)25-10-12-33-28(15-25)37(52)27-11-9-26(16-34(27)59-33)30-18-45-39(47-30)32-14-24(6)20-51(32)41(54)36(22(3)4)49-43(56)58-8/h9-18,21-22,31-32,35-36,43,49,56H,19-20H2,1-8H3,(H,44,46)(H,45,47)(H,48,55)/t31-,32-,35-,36-,43?/m0/s1. The predicted octanol–water partition coefficient (Wildman–Crippen LogP) is 5.30. The molecule has 2 aliphatic heterocycles. The van der Waals surface area contributed by atoms with Crippen molar-refractivity contribution in [1.82, 2.24) is 40.4 Å². The Morgan fingerprint density at radius 3 is 1.88 bits per heavy atom. The molecule has 310 valence electrons. The molecule has 0 spiro atoms. The number of aliphatic hydroxyl groups is 1. The fourth-order valence-corrected chi connectivity index (χ4v) is 7.73. The summed E-state index contributed by atoms with van der Waals surface area (Å²) >= 11 is 0. The van der Waals surface area contributed by atoms with Gasteiger partial charge in [0.1, 0.15) is 40.9 Å². The van der Waals surface area contributed by atoms with E-state index in [1.54, 1.807) is 46.5 Å². The summed E-state index contributed by atoms with van der Waals surface area (Å²) in [6.45, 7) is 12.2. The molecule has 0 bridgehead atoms. The molecule has 3 aromatic heterocycles. The molecule has 5 heterocycles. The Bertz CT molecular complexity index is 2530. The van der Waals surface area contributed by atoms with Gasteiger partial charge in [-0.3, -0.25) is 19.7 Å². The number of amides is 3. The van der Waals surface area contributed by atoms with Crippen LogP contribution in [0.1, 0.15) is 65.3 Å². The highest BCUT2D eigenvalue weighted by Crippen LogP contribution is 2.34. The van der Waals surface area contributed by atoms with Crippen LogP contribution < -0.4 is 16.1 Å². The van der Waals surface area contributed by atoms with E-state index in [1.165, 1.54) is 14.2 Å². The van der Waals surface area contributed by atoms with Gasteiger partial charge in [0.15, 0.2) is 0 Å². The number of nitrogens with one attached hydrogen (secondary N) is 4. The Kier molecular flexibility index (Phi) is 11.6. The molecule has 0 aliphatic carbocycles. The number of benzene rings is 2. The fourth-order valence-electron chi connectivity index (χ4n) is 7.73. The van der Waals surface area contributed by atoms with Gasteiger partial charge in [-0.25, -0.2) is 14.8 Å². The third kappa shape index (κ3) is 8.15. The van der Waals surface area contributed by atoms with E-state index in [0.717, 1.165) is 16.7 Å². The van der Waals surface area contributed by atoms with Crippen molar-refractivity contribution in [2.75, 3.05) is 27.3 Å². The van der Waals surface area contributed by atoms with E-state index in [0.29, 0.717) is 63.6 Å². The lowest BCUT2D eigenvalue weighted by Gasteiger charge is -2.31. The molecule has 5 N–H and O–H groups in total. The molecule has 59 heavy (non-hydrogen) atoms. The third-order valence-electron chi connectivity index (χ3n) is 10.9. The molecule has 5 aromatic rings. The number of methoxy groups -OCH3 is 2. The lowest BCUT2D eigenvalue weighted by molar-refractivity contribution is -0.144. The van der Waals surface area contributed by atoms with Crippen molar-refractivity contribution >= 4 is 39.8 Å². The number of aromatic nitrogens is 4. The molecule has 0 radical (unpaired) electrons. The molecule has 16 heteroatoms. The van der Waals surface area contributed by atoms with Crippen LogP contribution in [0.2, 0.25) is 0 Å². The van der Waals surface area contributed by atoms with Gasteiger partial charge in [0.2, 0.25) is 23.7 Å². The number of aliphatic hydroxyl groups excluding tert-OH is 1. The second-order valence-corrected chi connectivity index (χ2v) is 15.9. The van der Waals surface area contributed by atoms with Gasteiger partial charge in [0.25, 0.3) is 0 Å². The van der Waals surface area contributed by atoms with Crippen LogP contribution in [0.25, 0.3) is 44.5 Å². The number of nitrogens with zero attached hydrogens (tertiary/aromatic N) is 4. The molecule has 7 rings (SSSR count). The van der Waals surface area contributed by atoms with Gasteiger partial charge in [0.05, 0.1) is 47.7 Å². The second-order valence-electron chi connectivity index (χ2n) is 15.9. The first kappa shape index (κ1) is 41.1. The Morgan fingerprint density at radius 2 is 1.34 bits per heavy atom. The second kappa shape index (κ2) is 16.6. The van der Waals surface area contributed by atoms with Crippen molar-refractivity contribution in [3.05, 3.63) is 94.0 Å². The number of alkyl carbamates (subject to hydrolysis) is 1. The van der Waals surface area contributed by atoms with Gasteiger partial charge in [-0.1, -0.05) is 57.1 Å². The predicted molar refractivity (Wildman–Crippen MR) is 221 cm³/mol. The minimum absolute atomic E-state index is 0.120. The summed E-state index contributed by atoms with van der Waals surface area (Å²) in [5.74, 6) is 0.381. The van der Waals surface area contributed by atoms with Crippen LogP contribution in [-0.4, -0.2) is 98.6 Å². The first-order valence-electron chi connectivity index (χ1n) is 19.6. The van der Waals surface area contributed by atoms with Crippen molar-refractivity contribution in [3.63, 3.8) is 0 Å². The summed E-state index contributed by atoms with van der Waals surface area (Å²) < 4.78 is 16.0. The van der Waals surface area contributed by atoms with Crippen LogP contribution in [0.5, 0.6) is 0 Å². The van der Waals surface area contributed by atoms with Crippen molar-refractivity contribution in [2.45, 2.75) is 72.1 Å². The van der Waals surface area contributed by atoms with Gasteiger partial charge in [-0.05, 0) is 56.0 Å². The number of rotatable bonds is 12. The maximum atomic E-state index is 13.9. The van der Waals surface area contributed by atoms with Crippen molar-refractivity contribution in [2.24, 2.45) is 11.8 Å². The summed E-state index contributed by atoms with van der Waals surface area (Å²) in [6.07, 6.45) is 5.36. The highest BCUT2D eigenvalue weighted by Gasteiger charge is 2.38. The van der Waals surface area contributed by atoms with E-state index >= 15 is 0 Å². The molecule has 2 aliphatic rings. The van der Waals surface area contributed by atoms with Gasteiger partial charge >= 0.3 is 6.09 Å². The zero-order chi connectivity index (χ0) is 42.3. The molecule has 0 saturated heterocycles. The molecule has 16 nitrogen and oxygen atoms in total. The first-order valence-corrected chi connectivity index (χ1v) is 19.6. The number of aromatic amines is 2. The molecule has 0 saturated carbocycles. The van der Waals surface area contributed by atoms with Gasteiger partial charge < -0.3 is 44.1 Å². The van der Waals surface area contributed by atoms with Crippen LogP contribution in [-0.2, 0) is 19.1 Å². The molecular formula is C43H50N8O8. The third-order valence-corrected chi connectivity index (χ3v) is 10.9. The van der Waals surface area contributed by atoms with E-state index < -0.39 is 36.7 Å². The smallest absolute Gasteiger partial charge is 0.407 e. The van der Waals surface area contributed by atoms with Crippen LogP contribution in [0.4, 0.5) is 4.79 Å². The highest BCUT2D eigenvalue weighted by atomic mass is 16.6. The van der Waals surface area contributed by atoms with E-state index in [9.17, 15) is 24.3 Å². The topological polar surface area (TPSA) is 208 Å². The zero-order valence-corrected chi connectivity index (χ0v) is 34.3. The quantitative estimate of drug-likeness (QED) is 0.0621. The minimum atomic E-state index is -1.28. The fraction of sp³-hybridized carbons (Fsp3) is 0.395. The molecular weight excluding hydrogens is 757 g/mol. The number of hydrogen-bond donors (Lipinski definition) is 5. The maximum Gasteiger partial charge on any atom is 0.407 e. The Morgan fingerprint density at radius 1 is 0.797 bits per heavy atom. The molecule has 0 fully saturated rings. The van der Waals surface area contributed by atoms with Gasteiger partial charge in [-0.2, -0.15) is 0 Å². The normalized spacial score (nSPS) is 18.4.